The van der Waals surface area contributed by atoms with E-state index in [9.17, 15) is 8.42 Å². The number of ether oxygens (including phenoxy) is 1. The molecule has 112 valence electrons. The molecule has 0 aliphatic heterocycles. The molecule has 5 nitrogen and oxygen atoms in total. The Morgan fingerprint density at radius 1 is 1.14 bits per heavy atom. The van der Waals surface area contributed by atoms with Crippen LogP contribution >= 0.6 is 0 Å². The van der Waals surface area contributed by atoms with Gasteiger partial charge in [0.1, 0.15) is 17.3 Å². The van der Waals surface area contributed by atoms with Crippen molar-refractivity contribution < 1.29 is 13.2 Å². The van der Waals surface area contributed by atoms with Crippen LogP contribution in [0.5, 0.6) is 5.75 Å². The molecule has 0 saturated carbocycles. The van der Waals surface area contributed by atoms with E-state index in [4.69, 9.17) is 10.5 Å². The molecular weight excluding hydrogens is 288 g/mol. The third-order valence-electron chi connectivity index (χ3n) is 2.86. The summed E-state index contributed by atoms with van der Waals surface area (Å²) < 4.78 is 32.1. The van der Waals surface area contributed by atoms with Gasteiger partial charge in [0.15, 0.2) is 0 Å². The van der Waals surface area contributed by atoms with Gasteiger partial charge in [-0.25, -0.2) is 13.1 Å². The van der Waals surface area contributed by atoms with Crippen LogP contribution in [0.25, 0.3) is 0 Å². The van der Waals surface area contributed by atoms with Crippen molar-refractivity contribution >= 4 is 15.7 Å². The third-order valence-corrected chi connectivity index (χ3v) is 4.40. The summed E-state index contributed by atoms with van der Waals surface area (Å²) in [5.41, 5.74) is 6.98. The number of hydrogen-bond acceptors (Lipinski definition) is 4. The Morgan fingerprint density at radius 3 is 2.62 bits per heavy atom. The Balaban J connectivity index is 1.90. The lowest BCUT2D eigenvalue weighted by molar-refractivity contribution is 0.322. The Bertz CT molecular complexity index is 714. The maximum absolute atomic E-state index is 12.1. The molecule has 0 heterocycles. The number of nitrogen functional groups attached to an aromatic ring is 1. The Labute approximate surface area is 124 Å². The van der Waals surface area contributed by atoms with Gasteiger partial charge in [0.05, 0.1) is 5.69 Å². The molecule has 0 fully saturated rings. The number of nitrogens with two attached hydrogens (primary N) is 1. The molecule has 6 heteroatoms. The van der Waals surface area contributed by atoms with Crippen LogP contribution in [0.1, 0.15) is 5.56 Å². The molecule has 0 aliphatic carbocycles. The minimum absolute atomic E-state index is 0.0838. The van der Waals surface area contributed by atoms with Gasteiger partial charge in [-0.3, -0.25) is 0 Å². The second-order valence-corrected chi connectivity index (χ2v) is 6.34. The first kappa shape index (κ1) is 15.3. The van der Waals surface area contributed by atoms with Crippen molar-refractivity contribution in [1.29, 1.82) is 0 Å². The molecule has 21 heavy (non-hydrogen) atoms. The number of nitrogens with one attached hydrogen (secondary N) is 1. The van der Waals surface area contributed by atoms with E-state index in [0.717, 1.165) is 5.56 Å². The number of aryl methyl sites for hydroxylation is 1. The summed E-state index contributed by atoms with van der Waals surface area (Å²) in [7, 11) is -3.61. The summed E-state index contributed by atoms with van der Waals surface area (Å²) in [6.45, 7) is 2.38. The number of hydrogen-bond donors (Lipinski definition) is 2. The van der Waals surface area contributed by atoms with Gasteiger partial charge in [0.25, 0.3) is 0 Å². The van der Waals surface area contributed by atoms with E-state index in [0.29, 0.717) is 5.75 Å². The summed E-state index contributed by atoms with van der Waals surface area (Å²) in [5, 5.41) is 0. The number of anilines is 1. The van der Waals surface area contributed by atoms with E-state index in [-0.39, 0.29) is 23.7 Å². The predicted octanol–water partition coefficient (Wildman–Crippen LogP) is 1.93. The van der Waals surface area contributed by atoms with Crippen molar-refractivity contribution in [2.75, 3.05) is 18.9 Å². The first-order valence-electron chi connectivity index (χ1n) is 6.53. The minimum atomic E-state index is -3.61. The van der Waals surface area contributed by atoms with Crippen molar-refractivity contribution in [3.05, 3.63) is 54.1 Å². The molecule has 0 unspecified atom stereocenters. The van der Waals surface area contributed by atoms with Gasteiger partial charge in [0, 0.05) is 6.54 Å². The molecular formula is C15H18N2O3S. The molecule has 0 aromatic heterocycles. The highest BCUT2D eigenvalue weighted by Crippen LogP contribution is 2.16. The molecule has 2 aromatic rings. The number of sulfonamides is 1. The van der Waals surface area contributed by atoms with Crippen LogP contribution in [0.15, 0.2) is 53.4 Å². The average molecular weight is 306 g/mol. The van der Waals surface area contributed by atoms with Gasteiger partial charge in [-0.2, -0.15) is 0 Å². The standard InChI is InChI=1S/C15H18N2O3S/c1-12-5-4-6-13(11-12)20-10-9-17-21(18,19)15-8-3-2-7-14(15)16/h2-8,11,17H,9-10,16H2,1H3. The second kappa shape index (κ2) is 6.60. The van der Waals surface area contributed by atoms with Crippen molar-refractivity contribution in [3.63, 3.8) is 0 Å². The minimum Gasteiger partial charge on any atom is -0.492 e. The third kappa shape index (κ3) is 4.21. The summed E-state index contributed by atoms with van der Waals surface area (Å²) in [6, 6.07) is 13.9. The fourth-order valence-electron chi connectivity index (χ4n) is 1.85. The fraction of sp³-hybridized carbons (Fsp3) is 0.200. The van der Waals surface area contributed by atoms with Crippen LogP contribution < -0.4 is 15.2 Å². The van der Waals surface area contributed by atoms with Gasteiger partial charge in [0.2, 0.25) is 10.0 Å². The van der Waals surface area contributed by atoms with Crippen LogP contribution in [0, 0.1) is 6.92 Å². The van der Waals surface area contributed by atoms with Gasteiger partial charge in [-0.1, -0.05) is 24.3 Å². The lowest BCUT2D eigenvalue weighted by Gasteiger charge is -2.10. The largest absolute Gasteiger partial charge is 0.492 e. The number of para-hydroxylation sites is 1. The zero-order valence-corrected chi connectivity index (χ0v) is 12.6. The highest BCUT2D eigenvalue weighted by atomic mass is 32.2. The zero-order chi connectivity index (χ0) is 15.3. The van der Waals surface area contributed by atoms with Gasteiger partial charge >= 0.3 is 0 Å². The molecule has 0 spiro atoms. The summed E-state index contributed by atoms with van der Waals surface area (Å²) >= 11 is 0. The van der Waals surface area contributed by atoms with E-state index in [1.54, 1.807) is 18.2 Å². The van der Waals surface area contributed by atoms with Crippen LogP contribution in [0.2, 0.25) is 0 Å². The molecule has 0 amide bonds. The Morgan fingerprint density at radius 2 is 1.90 bits per heavy atom. The number of benzene rings is 2. The molecule has 2 aromatic carbocycles. The lowest BCUT2D eigenvalue weighted by atomic mass is 10.2. The zero-order valence-electron chi connectivity index (χ0n) is 11.7. The highest BCUT2D eigenvalue weighted by molar-refractivity contribution is 7.89. The summed E-state index contributed by atoms with van der Waals surface area (Å²) in [4.78, 5) is 0.0838. The quantitative estimate of drug-likeness (QED) is 0.631. The van der Waals surface area contributed by atoms with Crippen molar-refractivity contribution in [2.24, 2.45) is 0 Å². The van der Waals surface area contributed by atoms with Crippen molar-refractivity contribution in [2.45, 2.75) is 11.8 Å². The van der Waals surface area contributed by atoms with Crippen LogP contribution in [-0.2, 0) is 10.0 Å². The van der Waals surface area contributed by atoms with Gasteiger partial charge in [-0.05, 0) is 36.8 Å². The van der Waals surface area contributed by atoms with Crippen molar-refractivity contribution in [3.8, 4) is 5.75 Å². The van der Waals surface area contributed by atoms with Gasteiger partial charge < -0.3 is 10.5 Å². The Hall–Kier alpha value is -2.05. The van der Waals surface area contributed by atoms with Gasteiger partial charge in [-0.15, -0.1) is 0 Å². The lowest BCUT2D eigenvalue weighted by Crippen LogP contribution is -2.28. The maximum atomic E-state index is 12.1. The molecule has 2 rings (SSSR count). The molecule has 0 atom stereocenters. The first-order chi connectivity index (χ1) is 9.99. The monoisotopic (exact) mass is 306 g/mol. The fourth-order valence-corrected chi connectivity index (χ4v) is 3.00. The van der Waals surface area contributed by atoms with E-state index in [1.807, 2.05) is 31.2 Å². The predicted molar refractivity (Wildman–Crippen MR) is 82.7 cm³/mol. The molecule has 0 saturated heterocycles. The van der Waals surface area contributed by atoms with E-state index < -0.39 is 10.0 Å². The van der Waals surface area contributed by atoms with Crippen LogP contribution in [-0.4, -0.2) is 21.6 Å². The summed E-state index contributed by atoms with van der Waals surface area (Å²) in [6.07, 6.45) is 0. The average Bonchev–Trinajstić information content (AvgIpc) is 2.44. The topological polar surface area (TPSA) is 81.4 Å². The normalized spacial score (nSPS) is 11.3. The SMILES string of the molecule is Cc1cccc(OCCNS(=O)(=O)c2ccccc2N)c1. The van der Waals surface area contributed by atoms with Crippen molar-refractivity contribution in [1.82, 2.24) is 4.72 Å². The maximum Gasteiger partial charge on any atom is 0.242 e. The molecule has 0 bridgehead atoms. The van der Waals surface area contributed by atoms with E-state index in [2.05, 4.69) is 4.72 Å². The molecule has 0 radical (unpaired) electrons. The van der Waals surface area contributed by atoms with E-state index in [1.165, 1.54) is 6.07 Å². The van der Waals surface area contributed by atoms with Crippen LogP contribution in [0.3, 0.4) is 0 Å². The molecule has 0 aliphatic rings. The summed E-state index contributed by atoms with van der Waals surface area (Å²) in [5.74, 6) is 0.716. The number of rotatable bonds is 6. The Kier molecular flexibility index (Phi) is 4.82. The van der Waals surface area contributed by atoms with Crippen LogP contribution in [0.4, 0.5) is 5.69 Å². The smallest absolute Gasteiger partial charge is 0.242 e. The van der Waals surface area contributed by atoms with E-state index >= 15 is 0 Å². The first-order valence-corrected chi connectivity index (χ1v) is 8.01. The molecule has 3 N–H and O–H groups in total. The highest BCUT2D eigenvalue weighted by Gasteiger charge is 2.15. The second-order valence-electron chi connectivity index (χ2n) is 4.60.